The Labute approximate surface area is 49.0 Å². The molecule has 0 aromatic rings. The van der Waals surface area contributed by atoms with Crippen LogP contribution in [-0.4, -0.2) is 17.7 Å². The first-order chi connectivity index (χ1) is 3.85. The van der Waals surface area contributed by atoms with Gasteiger partial charge in [0, 0.05) is 6.42 Å². The fourth-order valence-electron chi connectivity index (χ4n) is 0.368. The lowest BCUT2D eigenvalue weighted by Crippen LogP contribution is -2.01. The van der Waals surface area contributed by atoms with Crippen molar-refractivity contribution in [3.05, 3.63) is 0 Å². The summed E-state index contributed by atoms with van der Waals surface area (Å²) in [4.78, 5) is 0. The van der Waals surface area contributed by atoms with Gasteiger partial charge in [-0.15, -0.1) is 0 Å². The van der Waals surface area contributed by atoms with E-state index in [1.54, 1.807) is 0 Å². The average molecular weight is 117 g/mol. The first kappa shape index (κ1) is 7.27. The van der Waals surface area contributed by atoms with Gasteiger partial charge in [0.15, 0.2) is 0 Å². The first-order valence-corrected chi connectivity index (χ1v) is 2.68. The number of nitrogens with zero attached hydrogens (tertiary/aromatic N) is 1. The van der Waals surface area contributed by atoms with Crippen molar-refractivity contribution in [1.82, 2.24) is 0 Å². The van der Waals surface area contributed by atoms with E-state index in [9.17, 15) is 0 Å². The molecule has 3 nitrogen and oxygen atoms in total. The topological polar surface area (TPSA) is 41.8 Å². The molecular formula is C5H11NO2. The molecule has 0 aliphatic carbocycles. The van der Waals surface area contributed by atoms with E-state index < -0.39 is 0 Å². The fraction of sp³-hybridized carbons (Fsp3) is 0.800. The van der Waals surface area contributed by atoms with Gasteiger partial charge in [0.05, 0.1) is 6.61 Å². The van der Waals surface area contributed by atoms with Gasteiger partial charge in [-0.1, -0.05) is 12.1 Å². The van der Waals surface area contributed by atoms with Gasteiger partial charge < -0.3 is 9.94 Å². The summed E-state index contributed by atoms with van der Waals surface area (Å²) in [5, 5.41) is 11.0. The van der Waals surface area contributed by atoms with Crippen LogP contribution in [0.5, 0.6) is 0 Å². The van der Waals surface area contributed by atoms with Gasteiger partial charge in [-0.2, -0.15) is 0 Å². The van der Waals surface area contributed by atoms with E-state index in [0.717, 1.165) is 0 Å². The lowest BCUT2D eigenvalue weighted by Gasteiger charge is -1.98. The normalized spacial score (nSPS) is 11.5. The van der Waals surface area contributed by atoms with Crippen LogP contribution in [-0.2, 0) is 4.74 Å². The molecule has 0 aliphatic heterocycles. The van der Waals surface area contributed by atoms with Crippen LogP contribution in [0.4, 0.5) is 0 Å². The summed E-state index contributed by atoms with van der Waals surface area (Å²) in [5.74, 6) is 0.396. The zero-order valence-corrected chi connectivity index (χ0v) is 5.22. The van der Waals surface area contributed by atoms with Crippen molar-refractivity contribution in [2.24, 2.45) is 5.16 Å². The SMILES string of the molecule is CCO/C(CC)=N\O. The lowest BCUT2D eigenvalue weighted by atomic mass is 10.5. The van der Waals surface area contributed by atoms with Crippen LogP contribution >= 0.6 is 0 Å². The van der Waals surface area contributed by atoms with Gasteiger partial charge in [-0.05, 0) is 6.92 Å². The smallest absolute Gasteiger partial charge is 0.225 e. The molecule has 0 radical (unpaired) electrons. The van der Waals surface area contributed by atoms with Gasteiger partial charge >= 0.3 is 0 Å². The molecule has 8 heavy (non-hydrogen) atoms. The fourth-order valence-corrected chi connectivity index (χ4v) is 0.368. The minimum Gasteiger partial charge on any atom is -0.479 e. The van der Waals surface area contributed by atoms with Gasteiger partial charge in [0.25, 0.3) is 0 Å². The van der Waals surface area contributed by atoms with Crippen molar-refractivity contribution in [3.8, 4) is 0 Å². The molecule has 0 heterocycles. The second-order valence-corrected chi connectivity index (χ2v) is 1.28. The summed E-state index contributed by atoms with van der Waals surface area (Å²) in [6.07, 6.45) is 0.643. The van der Waals surface area contributed by atoms with Crippen LogP contribution in [0, 0.1) is 0 Å². The Morgan fingerprint density at radius 1 is 1.62 bits per heavy atom. The second-order valence-electron chi connectivity index (χ2n) is 1.28. The molecule has 3 heteroatoms. The highest BCUT2D eigenvalue weighted by atomic mass is 16.5. The Kier molecular flexibility index (Phi) is 4.03. The summed E-state index contributed by atoms with van der Waals surface area (Å²) in [5.41, 5.74) is 0. The Bertz CT molecular complexity index is 80.5. The summed E-state index contributed by atoms with van der Waals surface area (Å²) in [6.45, 7) is 4.28. The van der Waals surface area contributed by atoms with Crippen molar-refractivity contribution in [1.29, 1.82) is 0 Å². The molecule has 1 N–H and O–H groups in total. The quantitative estimate of drug-likeness (QED) is 0.256. The van der Waals surface area contributed by atoms with E-state index in [2.05, 4.69) is 5.16 Å². The highest BCUT2D eigenvalue weighted by molar-refractivity contribution is 5.74. The van der Waals surface area contributed by atoms with Crippen LogP contribution < -0.4 is 0 Å². The Morgan fingerprint density at radius 2 is 2.25 bits per heavy atom. The highest BCUT2D eigenvalue weighted by Crippen LogP contribution is 1.85. The standard InChI is InChI=1S/C5H11NO2/c1-3-5(6-7)8-4-2/h7H,3-4H2,1-2H3/b6-5-. The van der Waals surface area contributed by atoms with Crippen molar-refractivity contribution < 1.29 is 9.94 Å². The molecule has 0 saturated carbocycles. The van der Waals surface area contributed by atoms with Crippen LogP contribution in [0.3, 0.4) is 0 Å². The zero-order chi connectivity index (χ0) is 6.41. The molecular weight excluding hydrogens is 106 g/mol. The largest absolute Gasteiger partial charge is 0.479 e. The number of ether oxygens (including phenoxy) is 1. The number of hydrogen-bond acceptors (Lipinski definition) is 3. The third-order valence-corrected chi connectivity index (χ3v) is 0.725. The monoisotopic (exact) mass is 117 g/mol. The molecule has 0 amide bonds. The van der Waals surface area contributed by atoms with Crippen LogP contribution in [0.2, 0.25) is 0 Å². The lowest BCUT2D eigenvalue weighted by molar-refractivity contribution is 0.258. The van der Waals surface area contributed by atoms with Crippen LogP contribution in [0.1, 0.15) is 20.3 Å². The van der Waals surface area contributed by atoms with Gasteiger partial charge in [-0.25, -0.2) is 0 Å². The molecule has 0 bridgehead atoms. The summed E-state index contributed by atoms with van der Waals surface area (Å²) < 4.78 is 4.84. The van der Waals surface area contributed by atoms with E-state index in [4.69, 9.17) is 9.94 Å². The summed E-state index contributed by atoms with van der Waals surface area (Å²) >= 11 is 0. The predicted molar refractivity (Wildman–Crippen MR) is 31.1 cm³/mol. The highest BCUT2D eigenvalue weighted by Gasteiger charge is 1.91. The van der Waals surface area contributed by atoms with Gasteiger partial charge in [0.2, 0.25) is 5.90 Å². The van der Waals surface area contributed by atoms with Gasteiger partial charge in [0.1, 0.15) is 0 Å². The first-order valence-electron chi connectivity index (χ1n) is 2.68. The van der Waals surface area contributed by atoms with Crippen LogP contribution in [0.25, 0.3) is 0 Å². The predicted octanol–water partition coefficient (Wildman–Crippen LogP) is 1.22. The van der Waals surface area contributed by atoms with E-state index in [-0.39, 0.29) is 0 Å². The second kappa shape index (κ2) is 4.43. The number of hydrogen-bond donors (Lipinski definition) is 1. The molecule has 0 rings (SSSR count). The van der Waals surface area contributed by atoms with E-state index in [0.29, 0.717) is 18.9 Å². The Balaban J connectivity index is 3.38. The number of oxime groups is 1. The molecule has 0 aromatic heterocycles. The molecule has 0 unspecified atom stereocenters. The summed E-state index contributed by atoms with van der Waals surface area (Å²) in [7, 11) is 0. The van der Waals surface area contributed by atoms with Crippen molar-refractivity contribution in [2.75, 3.05) is 6.61 Å². The van der Waals surface area contributed by atoms with E-state index in [1.807, 2.05) is 13.8 Å². The molecule has 48 valence electrons. The average Bonchev–Trinajstić information content (AvgIpc) is 1.83. The van der Waals surface area contributed by atoms with Crippen molar-refractivity contribution in [3.63, 3.8) is 0 Å². The molecule has 0 fully saturated rings. The Hall–Kier alpha value is -0.730. The summed E-state index contributed by atoms with van der Waals surface area (Å²) in [6, 6.07) is 0. The third kappa shape index (κ3) is 2.44. The Morgan fingerprint density at radius 3 is 2.38 bits per heavy atom. The van der Waals surface area contributed by atoms with E-state index in [1.165, 1.54) is 0 Å². The molecule has 0 aliphatic rings. The minimum atomic E-state index is 0.396. The maximum absolute atomic E-state index is 8.12. The van der Waals surface area contributed by atoms with Crippen molar-refractivity contribution >= 4 is 5.90 Å². The maximum Gasteiger partial charge on any atom is 0.225 e. The molecule has 0 aromatic carbocycles. The molecule has 0 saturated heterocycles. The van der Waals surface area contributed by atoms with Gasteiger partial charge in [-0.3, -0.25) is 0 Å². The van der Waals surface area contributed by atoms with Crippen LogP contribution in [0.15, 0.2) is 5.16 Å². The third-order valence-electron chi connectivity index (χ3n) is 0.725. The molecule has 0 atom stereocenters. The zero-order valence-electron chi connectivity index (χ0n) is 5.22. The molecule has 0 spiro atoms. The van der Waals surface area contributed by atoms with E-state index >= 15 is 0 Å². The van der Waals surface area contributed by atoms with Crippen molar-refractivity contribution in [2.45, 2.75) is 20.3 Å². The maximum atomic E-state index is 8.12. The minimum absolute atomic E-state index is 0.396. The number of rotatable bonds is 2.